The average Bonchev–Trinajstić information content (AvgIpc) is 2.43. The maximum atomic E-state index is 13.0. The third-order valence-electron chi connectivity index (χ3n) is 2.75. The first kappa shape index (κ1) is 18.9. The van der Waals surface area contributed by atoms with Crippen molar-refractivity contribution in [3.8, 4) is 0 Å². The van der Waals surface area contributed by atoms with E-state index in [0.29, 0.717) is 5.56 Å². The number of alkyl carbamates (subject to hydrolysis) is 1. The van der Waals surface area contributed by atoms with Crippen LogP contribution in [0.3, 0.4) is 0 Å². The summed E-state index contributed by atoms with van der Waals surface area (Å²) in [5.74, 6) is -1.37. The van der Waals surface area contributed by atoms with Gasteiger partial charge >= 0.3 is 12.1 Å². The Morgan fingerprint density at radius 2 is 1.83 bits per heavy atom. The van der Waals surface area contributed by atoms with Crippen LogP contribution in [0.4, 0.5) is 9.18 Å². The van der Waals surface area contributed by atoms with Gasteiger partial charge in [0, 0.05) is 0 Å². The zero-order valence-electron chi connectivity index (χ0n) is 13.6. The maximum Gasteiger partial charge on any atom is 0.408 e. The van der Waals surface area contributed by atoms with Crippen molar-refractivity contribution in [2.45, 2.75) is 45.4 Å². The third-order valence-corrected chi connectivity index (χ3v) is 2.75. The monoisotopic (exact) mass is 327 g/mol. The van der Waals surface area contributed by atoms with Crippen LogP contribution in [0, 0.1) is 5.82 Å². The summed E-state index contributed by atoms with van der Waals surface area (Å²) in [5.41, 5.74) is -0.399. The molecule has 0 heterocycles. The third kappa shape index (κ3) is 6.23. The van der Waals surface area contributed by atoms with Crippen molar-refractivity contribution in [3.05, 3.63) is 35.6 Å². The molecule has 1 amide bonds. The SMILES string of the molecule is CCOC(=O)[C@@H](O)[C@@H](NC(=O)OC(C)(C)C)c1ccc(F)cc1. The smallest absolute Gasteiger partial charge is 0.408 e. The molecule has 0 aromatic heterocycles. The number of hydrogen-bond acceptors (Lipinski definition) is 5. The van der Waals surface area contributed by atoms with Crippen LogP contribution in [-0.2, 0) is 14.3 Å². The van der Waals surface area contributed by atoms with E-state index in [1.807, 2.05) is 0 Å². The zero-order chi connectivity index (χ0) is 17.6. The molecule has 7 heteroatoms. The molecule has 128 valence electrons. The van der Waals surface area contributed by atoms with E-state index in [-0.39, 0.29) is 6.61 Å². The Hall–Kier alpha value is -2.15. The molecule has 0 aliphatic rings. The Morgan fingerprint density at radius 1 is 1.26 bits per heavy atom. The summed E-state index contributed by atoms with van der Waals surface area (Å²) in [6.07, 6.45) is -2.46. The fourth-order valence-corrected chi connectivity index (χ4v) is 1.81. The van der Waals surface area contributed by atoms with Crippen molar-refractivity contribution < 1.29 is 28.6 Å². The fourth-order valence-electron chi connectivity index (χ4n) is 1.81. The predicted octanol–water partition coefficient (Wildman–Crippen LogP) is 2.32. The number of ether oxygens (including phenoxy) is 2. The minimum absolute atomic E-state index is 0.0818. The van der Waals surface area contributed by atoms with Crippen molar-refractivity contribution >= 4 is 12.1 Å². The fraction of sp³-hybridized carbons (Fsp3) is 0.500. The summed E-state index contributed by atoms with van der Waals surface area (Å²) >= 11 is 0. The van der Waals surface area contributed by atoms with Gasteiger partial charge in [-0.25, -0.2) is 14.0 Å². The van der Waals surface area contributed by atoms with E-state index in [1.165, 1.54) is 12.1 Å². The molecule has 0 fully saturated rings. The van der Waals surface area contributed by atoms with Gasteiger partial charge in [-0.3, -0.25) is 0 Å². The molecule has 2 atom stereocenters. The molecule has 0 aliphatic carbocycles. The zero-order valence-corrected chi connectivity index (χ0v) is 13.6. The van der Waals surface area contributed by atoms with Gasteiger partial charge in [0.05, 0.1) is 12.6 Å². The van der Waals surface area contributed by atoms with Gasteiger partial charge in [0.1, 0.15) is 11.4 Å². The topological polar surface area (TPSA) is 84.9 Å². The largest absolute Gasteiger partial charge is 0.464 e. The molecule has 1 rings (SSSR count). The molecule has 0 spiro atoms. The highest BCUT2D eigenvalue weighted by Crippen LogP contribution is 2.20. The predicted molar refractivity (Wildman–Crippen MR) is 81.2 cm³/mol. The van der Waals surface area contributed by atoms with E-state index in [4.69, 9.17) is 9.47 Å². The van der Waals surface area contributed by atoms with Crippen LogP contribution >= 0.6 is 0 Å². The highest BCUT2D eigenvalue weighted by Gasteiger charge is 2.31. The van der Waals surface area contributed by atoms with Crippen molar-refractivity contribution in [2.24, 2.45) is 0 Å². The Bertz CT molecular complexity index is 538. The van der Waals surface area contributed by atoms with E-state index < -0.39 is 35.6 Å². The van der Waals surface area contributed by atoms with Crippen LogP contribution in [-0.4, -0.2) is 35.5 Å². The highest BCUT2D eigenvalue weighted by atomic mass is 19.1. The summed E-state index contributed by atoms with van der Waals surface area (Å²) in [6.45, 7) is 6.72. The van der Waals surface area contributed by atoms with E-state index in [2.05, 4.69) is 5.32 Å². The van der Waals surface area contributed by atoms with Crippen molar-refractivity contribution in [2.75, 3.05) is 6.61 Å². The van der Waals surface area contributed by atoms with Crippen molar-refractivity contribution in [1.82, 2.24) is 5.32 Å². The van der Waals surface area contributed by atoms with Gasteiger partial charge in [0.15, 0.2) is 6.10 Å². The Kier molecular flexibility index (Phi) is 6.50. The Labute approximate surface area is 134 Å². The minimum Gasteiger partial charge on any atom is -0.464 e. The Morgan fingerprint density at radius 3 is 2.30 bits per heavy atom. The lowest BCUT2D eigenvalue weighted by atomic mass is 10.0. The first-order valence-electron chi connectivity index (χ1n) is 7.23. The van der Waals surface area contributed by atoms with E-state index in [9.17, 15) is 19.1 Å². The minimum atomic E-state index is -1.65. The molecule has 0 radical (unpaired) electrons. The second kappa shape index (κ2) is 7.92. The van der Waals surface area contributed by atoms with Crippen molar-refractivity contribution in [1.29, 1.82) is 0 Å². The molecule has 2 N–H and O–H groups in total. The number of nitrogens with one attached hydrogen (secondary N) is 1. The van der Waals surface area contributed by atoms with E-state index in [1.54, 1.807) is 27.7 Å². The lowest BCUT2D eigenvalue weighted by Gasteiger charge is -2.26. The van der Waals surface area contributed by atoms with Gasteiger partial charge in [-0.1, -0.05) is 12.1 Å². The molecule has 1 aromatic carbocycles. The number of hydrogen-bond donors (Lipinski definition) is 2. The first-order valence-corrected chi connectivity index (χ1v) is 7.23. The van der Waals surface area contributed by atoms with Crippen molar-refractivity contribution in [3.63, 3.8) is 0 Å². The average molecular weight is 327 g/mol. The van der Waals surface area contributed by atoms with Crippen LogP contribution in [0.5, 0.6) is 0 Å². The lowest BCUT2D eigenvalue weighted by molar-refractivity contribution is -0.154. The van der Waals surface area contributed by atoms with Gasteiger partial charge in [-0.15, -0.1) is 0 Å². The van der Waals surface area contributed by atoms with Gasteiger partial charge in [0.25, 0.3) is 0 Å². The van der Waals surface area contributed by atoms with Crippen LogP contribution in [0.2, 0.25) is 0 Å². The van der Waals surface area contributed by atoms with Crippen LogP contribution < -0.4 is 5.32 Å². The van der Waals surface area contributed by atoms with Crippen LogP contribution in [0.15, 0.2) is 24.3 Å². The second-order valence-electron chi connectivity index (χ2n) is 5.87. The number of carbonyl (C=O) groups is 2. The molecule has 0 bridgehead atoms. The number of benzene rings is 1. The number of carbonyl (C=O) groups excluding carboxylic acids is 2. The van der Waals surface area contributed by atoms with Gasteiger partial charge in [0.2, 0.25) is 0 Å². The summed E-state index contributed by atoms with van der Waals surface area (Å²) in [7, 11) is 0. The molecule has 23 heavy (non-hydrogen) atoms. The molecule has 0 unspecified atom stereocenters. The molecular weight excluding hydrogens is 305 g/mol. The number of rotatable bonds is 5. The Balaban J connectivity index is 2.99. The number of esters is 1. The highest BCUT2D eigenvalue weighted by molar-refractivity contribution is 5.77. The second-order valence-corrected chi connectivity index (χ2v) is 5.87. The van der Waals surface area contributed by atoms with Gasteiger partial charge in [-0.05, 0) is 45.4 Å². The molecule has 0 saturated carbocycles. The van der Waals surface area contributed by atoms with Crippen LogP contribution in [0.25, 0.3) is 0 Å². The van der Waals surface area contributed by atoms with Gasteiger partial charge < -0.3 is 19.9 Å². The number of amides is 1. The first-order chi connectivity index (χ1) is 10.6. The summed E-state index contributed by atoms with van der Waals surface area (Å²) in [5, 5.41) is 12.6. The van der Waals surface area contributed by atoms with E-state index in [0.717, 1.165) is 12.1 Å². The van der Waals surface area contributed by atoms with Crippen LogP contribution in [0.1, 0.15) is 39.3 Å². The summed E-state index contributed by atoms with van der Waals surface area (Å²) in [6, 6.07) is 3.93. The van der Waals surface area contributed by atoms with E-state index >= 15 is 0 Å². The molecule has 0 saturated heterocycles. The van der Waals surface area contributed by atoms with Gasteiger partial charge in [-0.2, -0.15) is 0 Å². The maximum absolute atomic E-state index is 13.0. The number of aliphatic hydroxyl groups excluding tert-OH is 1. The number of halogens is 1. The summed E-state index contributed by atoms with van der Waals surface area (Å²) < 4.78 is 22.9. The lowest BCUT2D eigenvalue weighted by Crippen LogP contribution is -2.43. The molecule has 0 aliphatic heterocycles. The summed E-state index contributed by atoms with van der Waals surface area (Å²) in [4.78, 5) is 23.7. The molecular formula is C16H22FNO5. The quantitative estimate of drug-likeness (QED) is 0.811. The number of aliphatic hydroxyl groups is 1. The molecule has 1 aromatic rings. The molecule has 6 nitrogen and oxygen atoms in total. The standard InChI is InChI=1S/C16H22FNO5/c1-5-22-14(20)13(19)12(10-6-8-11(17)9-7-10)18-15(21)23-16(2,3)4/h6-9,12-13,19H,5H2,1-4H3,(H,18,21)/t12-,13-/m0/s1. The normalized spacial score (nSPS) is 13.8.